The monoisotopic (exact) mass is 254 g/mol. The van der Waals surface area contributed by atoms with Gasteiger partial charge in [0.25, 0.3) is 0 Å². The number of rotatable bonds is 3. The van der Waals surface area contributed by atoms with Gasteiger partial charge in [-0.1, -0.05) is 19.3 Å². The van der Waals surface area contributed by atoms with Crippen molar-refractivity contribution in [2.75, 3.05) is 13.1 Å². The van der Waals surface area contributed by atoms with Gasteiger partial charge in [-0.15, -0.1) is 0 Å². The summed E-state index contributed by atoms with van der Waals surface area (Å²) in [5, 5.41) is 12.5. The van der Waals surface area contributed by atoms with Crippen molar-refractivity contribution in [1.82, 2.24) is 10.2 Å². The molecule has 2 unspecified atom stereocenters. The van der Waals surface area contributed by atoms with Crippen LogP contribution >= 0.6 is 0 Å². The standard InChI is InChI=1S/C14H26N2O2/c1-11-7-8-15-10-13(9-14(17)18)16(11)12-5-3-2-4-6-12/h11-13,15H,2-10H2,1H3,(H,17,18). The van der Waals surface area contributed by atoms with Crippen LogP contribution in [0.1, 0.15) is 51.9 Å². The first-order valence-corrected chi connectivity index (χ1v) is 7.38. The van der Waals surface area contributed by atoms with Crippen LogP contribution in [0.15, 0.2) is 0 Å². The van der Waals surface area contributed by atoms with Gasteiger partial charge in [0.05, 0.1) is 6.42 Å². The summed E-state index contributed by atoms with van der Waals surface area (Å²) < 4.78 is 0. The summed E-state index contributed by atoms with van der Waals surface area (Å²) in [6.07, 6.45) is 7.87. The van der Waals surface area contributed by atoms with Crippen molar-refractivity contribution in [2.24, 2.45) is 0 Å². The van der Waals surface area contributed by atoms with E-state index in [2.05, 4.69) is 17.1 Å². The summed E-state index contributed by atoms with van der Waals surface area (Å²) in [4.78, 5) is 13.6. The molecule has 104 valence electrons. The topological polar surface area (TPSA) is 52.6 Å². The molecule has 4 heteroatoms. The van der Waals surface area contributed by atoms with Crippen molar-refractivity contribution < 1.29 is 9.90 Å². The largest absolute Gasteiger partial charge is 0.481 e. The van der Waals surface area contributed by atoms with Gasteiger partial charge in [-0.05, 0) is 32.7 Å². The number of carbonyl (C=O) groups is 1. The molecule has 0 aromatic heterocycles. The summed E-state index contributed by atoms with van der Waals surface area (Å²) >= 11 is 0. The van der Waals surface area contributed by atoms with Crippen molar-refractivity contribution >= 4 is 5.97 Å². The highest BCUT2D eigenvalue weighted by Crippen LogP contribution is 2.28. The molecule has 0 radical (unpaired) electrons. The maximum absolute atomic E-state index is 11.1. The molecule has 0 amide bonds. The van der Waals surface area contributed by atoms with E-state index >= 15 is 0 Å². The Morgan fingerprint density at radius 3 is 2.67 bits per heavy atom. The third kappa shape index (κ3) is 3.45. The Balaban J connectivity index is 2.08. The van der Waals surface area contributed by atoms with E-state index in [1.54, 1.807) is 0 Å². The number of nitrogens with one attached hydrogen (secondary N) is 1. The lowest BCUT2D eigenvalue weighted by molar-refractivity contribution is -0.138. The highest BCUT2D eigenvalue weighted by molar-refractivity contribution is 5.67. The number of aliphatic carboxylic acids is 1. The maximum atomic E-state index is 11.1. The molecule has 1 saturated carbocycles. The molecule has 2 atom stereocenters. The fraction of sp³-hybridized carbons (Fsp3) is 0.929. The van der Waals surface area contributed by atoms with Crippen LogP contribution < -0.4 is 5.32 Å². The molecule has 0 aromatic rings. The number of carboxylic acid groups (broad SMARTS) is 1. The van der Waals surface area contributed by atoms with E-state index in [-0.39, 0.29) is 12.5 Å². The van der Waals surface area contributed by atoms with E-state index in [9.17, 15) is 4.79 Å². The van der Waals surface area contributed by atoms with Crippen LogP contribution in [-0.2, 0) is 4.79 Å². The molecular formula is C14H26N2O2. The van der Waals surface area contributed by atoms with Gasteiger partial charge in [-0.3, -0.25) is 9.69 Å². The quantitative estimate of drug-likeness (QED) is 0.807. The van der Waals surface area contributed by atoms with E-state index < -0.39 is 5.97 Å². The highest BCUT2D eigenvalue weighted by Gasteiger charge is 2.33. The van der Waals surface area contributed by atoms with Crippen molar-refractivity contribution in [3.63, 3.8) is 0 Å². The van der Waals surface area contributed by atoms with Crippen LogP contribution in [0.2, 0.25) is 0 Å². The number of hydrogen-bond donors (Lipinski definition) is 2. The molecule has 0 bridgehead atoms. The van der Waals surface area contributed by atoms with Gasteiger partial charge in [0.1, 0.15) is 0 Å². The van der Waals surface area contributed by atoms with Gasteiger partial charge in [0, 0.05) is 24.7 Å². The average Bonchev–Trinajstić information content (AvgIpc) is 2.51. The summed E-state index contributed by atoms with van der Waals surface area (Å²) in [6.45, 7) is 4.10. The lowest BCUT2D eigenvalue weighted by Crippen LogP contribution is -2.51. The first-order valence-electron chi connectivity index (χ1n) is 7.38. The first-order chi connectivity index (χ1) is 8.68. The lowest BCUT2D eigenvalue weighted by Gasteiger charge is -2.42. The fourth-order valence-corrected chi connectivity index (χ4v) is 3.61. The third-order valence-corrected chi connectivity index (χ3v) is 4.46. The minimum atomic E-state index is -0.670. The Labute approximate surface area is 110 Å². The molecule has 1 aliphatic carbocycles. The maximum Gasteiger partial charge on any atom is 0.304 e. The fourth-order valence-electron chi connectivity index (χ4n) is 3.61. The molecule has 1 aliphatic heterocycles. The Morgan fingerprint density at radius 1 is 1.28 bits per heavy atom. The second-order valence-corrected chi connectivity index (χ2v) is 5.83. The minimum absolute atomic E-state index is 0.170. The van der Waals surface area contributed by atoms with E-state index in [4.69, 9.17) is 5.11 Å². The Kier molecular flexibility index (Phi) is 5.01. The van der Waals surface area contributed by atoms with Gasteiger partial charge in [0.15, 0.2) is 0 Å². The molecule has 2 aliphatic rings. The van der Waals surface area contributed by atoms with Crippen molar-refractivity contribution in [3.8, 4) is 0 Å². The smallest absolute Gasteiger partial charge is 0.304 e. The van der Waals surface area contributed by atoms with Gasteiger partial charge < -0.3 is 10.4 Å². The van der Waals surface area contributed by atoms with E-state index in [1.807, 2.05) is 0 Å². The predicted octanol–water partition coefficient (Wildman–Crippen LogP) is 1.85. The van der Waals surface area contributed by atoms with Gasteiger partial charge in [-0.25, -0.2) is 0 Å². The molecule has 2 fully saturated rings. The van der Waals surface area contributed by atoms with Crippen molar-refractivity contribution in [3.05, 3.63) is 0 Å². The number of carboxylic acids is 1. The SMILES string of the molecule is CC1CCNCC(CC(=O)O)N1C1CCCCC1. The summed E-state index contributed by atoms with van der Waals surface area (Å²) in [7, 11) is 0. The number of nitrogens with zero attached hydrogens (tertiary/aromatic N) is 1. The van der Waals surface area contributed by atoms with Gasteiger partial charge in [-0.2, -0.15) is 0 Å². The van der Waals surface area contributed by atoms with Crippen LogP contribution in [0.25, 0.3) is 0 Å². The van der Waals surface area contributed by atoms with Gasteiger partial charge >= 0.3 is 5.97 Å². The van der Waals surface area contributed by atoms with E-state index in [0.717, 1.165) is 19.5 Å². The summed E-state index contributed by atoms with van der Waals surface area (Å²) in [5.74, 6) is -0.670. The van der Waals surface area contributed by atoms with Crippen molar-refractivity contribution in [1.29, 1.82) is 0 Å². The zero-order valence-electron chi connectivity index (χ0n) is 11.4. The van der Waals surface area contributed by atoms with Crippen LogP contribution in [0.3, 0.4) is 0 Å². The molecular weight excluding hydrogens is 228 g/mol. The van der Waals surface area contributed by atoms with E-state index in [1.165, 1.54) is 32.1 Å². The molecule has 2 N–H and O–H groups in total. The molecule has 0 spiro atoms. The Bertz CT molecular complexity index is 277. The third-order valence-electron chi connectivity index (χ3n) is 4.46. The predicted molar refractivity (Wildman–Crippen MR) is 71.7 cm³/mol. The van der Waals surface area contributed by atoms with Crippen LogP contribution in [0.4, 0.5) is 0 Å². The first kappa shape index (κ1) is 13.8. The molecule has 2 rings (SSSR count). The highest BCUT2D eigenvalue weighted by atomic mass is 16.4. The molecule has 1 heterocycles. The second kappa shape index (κ2) is 6.53. The van der Waals surface area contributed by atoms with Crippen LogP contribution in [-0.4, -0.2) is 47.2 Å². The Hall–Kier alpha value is -0.610. The minimum Gasteiger partial charge on any atom is -0.481 e. The van der Waals surface area contributed by atoms with E-state index in [0.29, 0.717) is 12.1 Å². The molecule has 4 nitrogen and oxygen atoms in total. The number of hydrogen-bond acceptors (Lipinski definition) is 3. The van der Waals surface area contributed by atoms with Crippen molar-refractivity contribution in [2.45, 2.75) is 70.0 Å². The molecule has 18 heavy (non-hydrogen) atoms. The van der Waals surface area contributed by atoms with Crippen LogP contribution in [0.5, 0.6) is 0 Å². The summed E-state index contributed by atoms with van der Waals surface area (Å²) in [5.41, 5.74) is 0. The summed E-state index contributed by atoms with van der Waals surface area (Å²) in [6, 6.07) is 1.29. The average molecular weight is 254 g/mol. The van der Waals surface area contributed by atoms with Gasteiger partial charge in [0.2, 0.25) is 0 Å². The zero-order chi connectivity index (χ0) is 13.0. The zero-order valence-corrected chi connectivity index (χ0v) is 11.4. The molecule has 0 aromatic carbocycles. The second-order valence-electron chi connectivity index (χ2n) is 5.83. The normalized spacial score (nSPS) is 32.1. The molecule has 1 saturated heterocycles. The lowest BCUT2D eigenvalue weighted by atomic mass is 9.91. The Morgan fingerprint density at radius 2 is 2.00 bits per heavy atom. The van der Waals surface area contributed by atoms with Crippen LogP contribution in [0, 0.1) is 0 Å².